The number of aromatic nitrogens is 3. The highest BCUT2D eigenvalue weighted by atomic mass is 32.1. The van der Waals surface area contributed by atoms with Crippen LogP contribution in [0.5, 0.6) is 0 Å². The van der Waals surface area contributed by atoms with Gasteiger partial charge in [-0.2, -0.15) is 4.37 Å². The average molecular weight is 298 g/mol. The van der Waals surface area contributed by atoms with Gasteiger partial charge in [0.05, 0.1) is 5.52 Å². The molecule has 0 fully saturated rings. The Hall–Kier alpha value is -2.01. The van der Waals surface area contributed by atoms with Crippen molar-refractivity contribution >= 4 is 27.6 Å². The molecule has 0 atom stereocenters. The Kier molecular flexibility index (Phi) is 3.59. The monoisotopic (exact) mass is 298 g/mol. The van der Waals surface area contributed by atoms with Crippen molar-refractivity contribution in [1.82, 2.24) is 14.3 Å². The fourth-order valence-corrected chi connectivity index (χ4v) is 2.83. The van der Waals surface area contributed by atoms with Gasteiger partial charge in [-0.25, -0.2) is 4.98 Å². The van der Waals surface area contributed by atoms with E-state index in [1.165, 1.54) is 22.5 Å². The van der Waals surface area contributed by atoms with Gasteiger partial charge >= 0.3 is 0 Å². The predicted octanol–water partition coefficient (Wildman–Crippen LogP) is 4.00. The van der Waals surface area contributed by atoms with Crippen LogP contribution in [0.25, 0.3) is 10.9 Å². The molecule has 0 radical (unpaired) electrons. The van der Waals surface area contributed by atoms with Crippen LogP contribution in [0.4, 0.5) is 5.13 Å². The summed E-state index contributed by atoms with van der Waals surface area (Å²) in [5.74, 6) is 0.884. The van der Waals surface area contributed by atoms with E-state index in [0.29, 0.717) is 0 Å². The fourth-order valence-electron chi connectivity index (χ4n) is 2.08. The van der Waals surface area contributed by atoms with E-state index in [1.807, 2.05) is 30.5 Å². The normalized spacial score (nSPS) is 11.8. The van der Waals surface area contributed by atoms with E-state index in [4.69, 9.17) is 0 Å². The second kappa shape index (κ2) is 5.41. The van der Waals surface area contributed by atoms with Crippen molar-refractivity contribution in [2.24, 2.45) is 0 Å². The van der Waals surface area contributed by atoms with Gasteiger partial charge in [-0.15, -0.1) is 0 Å². The highest BCUT2D eigenvalue weighted by Crippen LogP contribution is 2.24. The van der Waals surface area contributed by atoms with Gasteiger partial charge in [0.1, 0.15) is 5.82 Å². The number of hydrogen-bond donors (Lipinski definition) is 1. The lowest BCUT2D eigenvalue weighted by Crippen LogP contribution is -2.13. The topological polar surface area (TPSA) is 50.7 Å². The molecule has 3 rings (SSSR count). The Bertz CT molecular complexity index is 753. The predicted molar refractivity (Wildman–Crippen MR) is 87.7 cm³/mol. The van der Waals surface area contributed by atoms with Gasteiger partial charge in [0.15, 0.2) is 0 Å². The molecular formula is C16H18N4S. The van der Waals surface area contributed by atoms with Crippen LogP contribution in [0.15, 0.2) is 36.5 Å². The summed E-state index contributed by atoms with van der Waals surface area (Å²) in [5.41, 5.74) is 2.22. The molecule has 0 unspecified atom stereocenters. The lowest BCUT2D eigenvalue weighted by molar-refractivity contribution is 0.555. The van der Waals surface area contributed by atoms with Crippen molar-refractivity contribution in [3.8, 4) is 0 Å². The maximum Gasteiger partial charge on any atom is 0.202 e. The van der Waals surface area contributed by atoms with Crippen molar-refractivity contribution in [3.63, 3.8) is 0 Å². The fraction of sp³-hybridized carbons (Fsp3) is 0.312. The molecule has 3 aromatic rings. The first kappa shape index (κ1) is 13.9. The van der Waals surface area contributed by atoms with Gasteiger partial charge in [-0.3, -0.25) is 4.98 Å². The van der Waals surface area contributed by atoms with Gasteiger partial charge in [-0.1, -0.05) is 39.0 Å². The molecule has 0 saturated carbocycles. The summed E-state index contributed by atoms with van der Waals surface area (Å²) >= 11 is 1.41. The zero-order valence-corrected chi connectivity index (χ0v) is 13.2. The van der Waals surface area contributed by atoms with Crippen molar-refractivity contribution < 1.29 is 0 Å². The summed E-state index contributed by atoms with van der Waals surface area (Å²) in [5, 5.41) is 5.40. The van der Waals surface area contributed by atoms with E-state index in [2.05, 4.69) is 46.5 Å². The van der Waals surface area contributed by atoms with Crippen molar-refractivity contribution in [1.29, 1.82) is 0 Å². The maximum atomic E-state index is 4.56. The Morgan fingerprint density at radius 3 is 2.71 bits per heavy atom. The van der Waals surface area contributed by atoms with E-state index in [9.17, 15) is 0 Å². The first-order valence-corrected chi connectivity index (χ1v) is 7.72. The molecule has 0 aliphatic rings. The Labute approximate surface area is 128 Å². The zero-order valence-electron chi connectivity index (χ0n) is 12.4. The number of nitrogens with zero attached hydrogens (tertiary/aromatic N) is 3. The molecule has 0 spiro atoms. The van der Waals surface area contributed by atoms with Gasteiger partial charge in [0.2, 0.25) is 5.13 Å². The third kappa shape index (κ3) is 3.03. The molecule has 0 aliphatic carbocycles. The molecule has 2 aromatic heterocycles. The van der Waals surface area contributed by atoms with Gasteiger partial charge in [0, 0.05) is 35.1 Å². The van der Waals surface area contributed by atoms with Gasteiger partial charge in [0.25, 0.3) is 0 Å². The van der Waals surface area contributed by atoms with E-state index >= 15 is 0 Å². The van der Waals surface area contributed by atoms with Crippen LogP contribution < -0.4 is 5.32 Å². The van der Waals surface area contributed by atoms with E-state index in [1.54, 1.807) is 0 Å². The standard InChI is InChI=1S/C16H18N4S/c1-16(2,3)14-19-15(21-20-14)18-10-11-8-9-17-13-7-5-4-6-12(11)13/h4-9H,10H2,1-3H3,(H,18,19,20). The molecule has 0 saturated heterocycles. The van der Waals surface area contributed by atoms with Crippen LogP contribution >= 0.6 is 11.5 Å². The Morgan fingerprint density at radius 1 is 1.14 bits per heavy atom. The number of anilines is 1. The summed E-state index contributed by atoms with van der Waals surface area (Å²) in [6.45, 7) is 7.08. The molecule has 0 amide bonds. The minimum atomic E-state index is -0.0141. The van der Waals surface area contributed by atoms with Crippen LogP contribution in [-0.2, 0) is 12.0 Å². The lowest BCUT2D eigenvalue weighted by atomic mass is 9.96. The van der Waals surface area contributed by atoms with Crippen molar-refractivity contribution in [3.05, 3.63) is 47.9 Å². The van der Waals surface area contributed by atoms with Crippen LogP contribution in [0.3, 0.4) is 0 Å². The van der Waals surface area contributed by atoms with Gasteiger partial charge < -0.3 is 5.32 Å². The highest BCUT2D eigenvalue weighted by Gasteiger charge is 2.19. The second-order valence-corrected chi connectivity index (χ2v) is 6.77. The third-order valence-corrected chi connectivity index (χ3v) is 3.94. The number of pyridine rings is 1. The molecule has 1 N–H and O–H groups in total. The Morgan fingerprint density at radius 2 is 1.95 bits per heavy atom. The molecule has 108 valence electrons. The van der Waals surface area contributed by atoms with Crippen LogP contribution in [0.2, 0.25) is 0 Å². The Balaban J connectivity index is 1.79. The minimum Gasteiger partial charge on any atom is -0.356 e. The minimum absolute atomic E-state index is 0.0141. The summed E-state index contributed by atoms with van der Waals surface area (Å²) in [4.78, 5) is 8.94. The molecule has 21 heavy (non-hydrogen) atoms. The van der Waals surface area contributed by atoms with Crippen LogP contribution in [0.1, 0.15) is 32.2 Å². The highest BCUT2D eigenvalue weighted by molar-refractivity contribution is 7.09. The smallest absolute Gasteiger partial charge is 0.202 e. The summed E-state index contributed by atoms with van der Waals surface area (Å²) < 4.78 is 4.42. The average Bonchev–Trinajstić information content (AvgIpc) is 2.94. The largest absolute Gasteiger partial charge is 0.356 e. The number of para-hydroxylation sites is 1. The second-order valence-electron chi connectivity index (χ2n) is 6.01. The quantitative estimate of drug-likeness (QED) is 0.794. The number of fused-ring (bicyclic) bond motifs is 1. The van der Waals surface area contributed by atoms with E-state index < -0.39 is 0 Å². The summed E-state index contributed by atoms with van der Waals surface area (Å²) in [7, 11) is 0. The van der Waals surface area contributed by atoms with E-state index in [-0.39, 0.29) is 5.41 Å². The molecule has 0 aliphatic heterocycles. The van der Waals surface area contributed by atoms with Crippen LogP contribution in [-0.4, -0.2) is 14.3 Å². The summed E-state index contributed by atoms with van der Waals surface area (Å²) in [6.07, 6.45) is 1.85. The number of rotatable bonds is 3. The number of benzene rings is 1. The maximum absolute atomic E-state index is 4.56. The number of nitrogens with one attached hydrogen (secondary N) is 1. The first-order valence-electron chi connectivity index (χ1n) is 6.95. The van der Waals surface area contributed by atoms with Crippen molar-refractivity contribution in [2.75, 3.05) is 5.32 Å². The third-order valence-electron chi connectivity index (χ3n) is 3.27. The van der Waals surface area contributed by atoms with E-state index in [0.717, 1.165) is 23.0 Å². The summed E-state index contributed by atoms with van der Waals surface area (Å²) in [6, 6.07) is 10.2. The molecule has 0 bridgehead atoms. The molecule has 5 heteroatoms. The number of hydrogen-bond acceptors (Lipinski definition) is 5. The molecule has 1 aromatic carbocycles. The van der Waals surface area contributed by atoms with Crippen LogP contribution in [0, 0.1) is 0 Å². The first-order chi connectivity index (χ1) is 10.0. The zero-order chi connectivity index (χ0) is 14.9. The van der Waals surface area contributed by atoms with Crippen molar-refractivity contribution in [2.45, 2.75) is 32.7 Å². The SMILES string of the molecule is CC(C)(C)c1nsc(NCc2ccnc3ccccc23)n1. The molecule has 4 nitrogen and oxygen atoms in total. The molecule has 2 heterocycles. The van der Waals surface area contributed by atoms with Gasteiger partial charge in [-0.05, 0) is 17.7 Å². The lowest BCUT2D eigenvalue weighted by Gasteiger charge is -2.12. The molecular weight excluding hydrogens is 280 g/mol.